The Balaban J connectivity index is 1.81. The number of benzene rings is 2. The van der Waals surface area contributed by atoms with Crippen molar-refractivity contribution in [1.82, 2.24) is 4.72 Å². The van der Waals surface area contributed by atoms with Gasteiger partial charge in [-0.1, -0.05) is 28.1 Å². The summed E-state index contributed by atoms with van der Waals surface area (Å²) in [6.45, 7) is 0.211. The lowest BCUT2D eigenvalue weighted by Gasteiger charge is -2.26. The van der Waals surface area contributed by atoms with Crippen LogP contribution in [0.2, 0.25) is 0 Å². The molecular formula is C15H13BrFNO3S. The second-order valence-corrected chi connectivity index (χ2v) is 7.61. The number of halogens is 2. The highest BCUT2D eigenvalue weighted by molar-refractivity contribution is 9.10. The number of rotatable bonds is 3. The normalized spacial score (nSPS) is 17.6. The Morgan fingerprint density at radius 3 is 2.77 bits per heavy atom. The van der Waals surface area contributed by atoms with E-state index in [1.54, 1.807) is 0 Å². The summed E-state index contributed by atoms with van der Waals surface area (Å²) >= 11 is 3.37. The number of fused-ring (bicyclic) bond motifs is 1. The zero-order valence-corrected chi connectivity index (χ0v) is 13.8. The zero-order valence-electron chi connectivity index (χ0n) is 11.4. The Kier molecular flexibility index (Phi) is 4.20. The fourth-order valence-corrected chi connectivity index (χ4v) is 4.09. The highest BCUT2D eigenvalue weighted by Crippen LogP contribution is 2.28. The van der Waals surface area contributed by atoms with E-state index in [-0.39, 0.29) is 11.5 Å². The van der Waals surface area contributed by atoms with Crippen LogP contribution in [0.25, 0.3) is 0 Å². The van der Waals surface area contributed by atoms with E-state index in [2.05, 4.69) is 20.7 Å². The van der Waals surface area contributed by atoms with Crippen molar-refractivity contribution in [3.63, 3.8) is 0 Å². The molecule has 1 N–H and O–H groups in total. The average molecular weight is 386 g/mol. The molecule has 2 aromatic carbocycles. The van der Waals surface area contributed by atoms with Crippen LogP contribution in [-0.4, -0.2) is 21.1 Å². The van der Waals surface area contributed by atoms with Crippen LogP contribution >= 0.6 is 15.9 Å². The molecule has 7 heteroatoms. The quantitative estimate of drug-likeness (QED) is 0.883. The molecule has 3 rings (SSSR count). The van der Waals surface area contributed by atoms with Crippen molar-refractivity contribution in [3.05, 3.63) is 58.3 Å². The minimum atomic E-state index is -3.92. The van der Waals surface area contributed by atoms with Crippen molar-refractivity contribution < 1.29 is 17.5 Å². The van der Waals surface area contributed by atoms with Gasteiger partial charge >= 0.3 is 0 Å². The summed E-state index contributed by atoms with van der Waals surface area (Å²) in [6.07, 6.45) is 0.489. The summed E-state index contributed by atoms with van der Waals surface area (Å²) in [5, 5.41) is 0. The number of ether oxygens (including phenoxy) is 1. The molecule has 0 fully saturated rings. The standard InChI is InChI=1S/C15H13BrFNO3S/c16-11-5-6-14-10(7-11)8-12(9-21-14)18-22(19,20)15-4-2-1-3-13(15)17/h1-7,12,18H,8-9H2. The van der Waals surface area contributed by atoms with Crippen molar-refractivity contribution in [2.24, 2.45) is 0 Å². The number of sulfonamides is 1. The van der Waals surface area contributed by atoms with Gasteiger partial charge < -0.3 is 4.74 Å². The first-order chi connectivity index (χ1) is 10.5. The van der Waals surface area contributed by atoms with Crippen LogP contribution in [0.1, 0.15) is 5.56 Å². The molecular weight excluding hydrogens is 373 g/mol. The van der Waals surface area contributed by atoms with E-state index < -0.39 is 21.9 Å². The SMILES string of the molecule is O=S(=O)(NC1COc2ccc(Br)cc2C1)c1ccccc1F. The maximum absolute atomic E-state index is 13.7. The van der Waals surface area contributed by atoms with E-state index in [1.165, 1.54) is 18.2 Å². The molecule has 0 amide bonds. The van der Waals surface area contributed by atoms with E-state index in [9.17, 15) is 12.8 Å². The Hall–Kier alpha value is -1.44. The predicted octanol–water partition coefficient (Wildman–Crippen LogP) is 2.87. The fourth-order valence-electron chi connectivity index (χ4n) is 2.38. The highest BCUT2D eigenvalue weighted by atomic mass is 79.9. The summed E-state index contributed by atoms with van der Waals surface area (Å²) in [7, 11) is -3.92. The Morgan fingerprint density at radius 1 is 1.23 bits per heavy atom. The maximum Gasteiger partial charge on any atom is 0.243 e. The topological polar surface area (TPSA) is 55.4 Å². The monoisotopic (exact) mass is 385 g/mol. The molecule has 0 spiro atoms. The summed E-state index contributed by atoms with van der Waals surface area (Å²) in [5.41, 5.74) is 0.904. The predicted molar refractivity (Wildman–Crippen MR) is 83.9 cm³/mol. The highest BCUT2D eigenvalue weighted by Gasteiger charge is 2.27. The van der Waals surface area contributed by atoms with Gasteiger partial charge in [-0.15, -0.1) is 0 Å². The molecule has 0 aromatic heterocycles. The van der Waals surface area contributed by atoms with Crippen molar-refractivity contribution in [2.45, 2.75) is 17.4 Å². The van der Waals surface area contributed by atoms with Gasteiger partial charge in [-0.25, -0.2) is 17.5 Å². The molecule has 0 radical (unpaired) electrons. The third kappa shape index (κ3) is 3.16. The molecule has 22 heavy (non-hydrogen) atoms. The Labute approximate surface area is 136 Å². The Morgan fingerprint density at radius 2 is 2.00 bits per heavy atom. The summed E-state index contributed by atoms with van der Waals surface area (Å²) in [4.78, 5) is -0.352. The van der Waals surface area contributed by atoms with Gasteiger partial charge in [-0.2, -0.15) is 0 Å². The first-order valence-electron chi connectivity index (χ1n) is 6.64. The largest absolute Gasteiger partial charge is 0.492 e. The lowest BCUT2D eigenvalue weighted by Crippen LogP contribution is -2.42. The number of nitrogens with one attached hydrogen (secondary N) is 1. The van der Waals surface area contributed by atoms with Gasteiger partial charge in [-0.05, 0) is 42.3 Å². The smallest absolute Gasteiger partial charge is 0.243 e. The van der Waals surface area contributed by atoms with Gasteiger partial charge in [0.15, 0.2) is 0 Å². The minimum Gasteiger partial charge on any atom is -0.492 e. The second kappa shape index (κ2) is 5.98. The molecule has 1 atom stereocenters. The van der Waals surface area contributed by atoms with Gasteiger partial charge in [0.1, 0.15) is 23.1 Å². The fraction of sp³-hybridized carbons (Fsp3) is 0.200. The van der Waals surface area contributed by atoms with Crippen molar-refractivity contribution >= 4 is 26.0 Å². The van der Waals surface area contributed by atoms with Gasteiger partial charge in [0.2, 0.25) is 10.0 Å². The van der Waals surface area contributed by atoms with Crippen molar-refractivity contribution in [1.29, 1.82) is 0 Å². The molecule has 0 aliphatic carbocycles. The lowest BCUT2D eigenvalue weighted by molar-refractivity contribution is 0.254. The van der Waals surface area contributed by atoms with Crippen LogP contribution in [0, 0.1) is 5.82 Å². The zero-order chi connectivity index (χ0) is 15.7. The molecule has 116 valence electrons. The maximum atomic E-state index is 13.7. The second-order valence-electron chi connectivity index (χ2n) is 5.02. The van der Waals surface area contributed by atoms with Crippen LogP contribution in [0.3, 0.4) is 0 Å². The Bertz CT molecular complexity index is 810. The summed E-state index contributed by atoms with van der Waals surface area (Å²) in [5.74, 6) is -0.0283. The molecule has 4 nitrogen and oxygen atoms in total. The summed E-state index contributed by atoms with van der Waals surface area (Å²) in [6, 6.07) is 10.5. The van der Waals surface area contributed by atoms with Gasteiger partial charge in [0, 0.05) is 4.47 Å². The molecule has 0 saturated heterocycles. The van der Waals surface area contributed by atoms with Crippen LogP contribution in [-0.2, 0) is 16.4 Å². The van der Waals surface area contributed by atoms with Crippen LogP contribution in [0.5, 0.6) is 5.75 Å². The lowest BCUT2D eigenvalue weighted by atomic mass is 10.0. The first kappa shape index (κ1) is 15.5. The molecule has 1 aliphatic rings. The van der Waals surface area contributed by atoms with E-state index in [0.29, 0.717) is 6.42 Å². The molecule has 1 heterocycles. The van der Waals surface area contributed by atoms with E-state index >= 15 is 0 Å². The minimum absolute atomic E-state index is 0.211. The summed E-state index contributed by atoms with van der Waals surface area (Å²) < 4.78 is 47.2. The van der Waals surface area contributed by atoms with E-state index in [0.717, 1.165) is 21.9 Å². The third-order valence-corrected chi connectivity index (χ3v) is 5.42. The van der Waals surface area contributed by atoms with Gasteiger partial charge in [0.05, 0.1) is 6.04 Å². The molecule has 1 aliphatic heterocycles. The van der Waals surface area contributed by atoms with Crippen molar-refractivity contribution in [3.8, 4) is 5.75 Å². The van der Waals surface area contributed by atoms with Crippen molar-refractivity contribution in [2.75, 3.05) is 6.61 Å². The first-order valence-corrected chi connectivity index (χ1v) is 8.91. The molecule has 1 unspecified atom stereocenters. The number of hydrogen-bond acceptors (Lipinski definition) is 3. The van der Waals surface area contributed by atoms with Gasteiger partial charge in [0.25, 0.3) is 0 Å². The van der Waals surface area contributed by atoms with Crippen LogP contribution in [0.15, 0.2) is 51.8 Å². The number of hydrogen-bond donors (Lipinski definition) is 1. The van der Waals surface area contributed by atoms with E-state index in [1.807, 2.05) is 18.2 Å². The average Bonchev–Trinajstić information content (AvgIpc) is 2.46. The molecule has 0 saturated carbocycles. The third-order valence-electron chi connectivity index (χ3n) is 3.38. The van der Waals surface area contributed by atoms with Crippen LogP contribution < -0.4 is 9.46 Å². The molecule has 2 aromatic rings. The molecule has 0 bridgehead atoms. The van der Waals surface area contributed by atoms with E-state index in [4.69, 9.17) is 4.74 Å². The van der Waals surface area contributed by atoms with Crippen LogP contribution in [0.4, 0.5) is 4.39 Å². The van der Waals surface area contributed by atoms with Gasteiger partial charge in [-0.3, -0.25) is 0 Å².